The van der Waals surface area contributed by atoms with E-state index in [0.717, 1.165) is 0 Å². The van der Waals surface area contributed by atoms with Gasteiger partial charge in [-0.2, -0.15) is 0 Å². The van der Waals surface area contributed by atoms with Crippen molar-refractivity contribution in [2.24, 2.45) is 0 Å². The van der Waals surface area contributed by atoms with Crippen molar-refractivity contribution in [3.8, 4) is 0 Å². The van der Waals surface area contributed by atoms with Crippen molar-refractivity contribution in [1.29, 1.82) is 0 Å². The van der Waals surface area contributed by atoms with Gasteiger partial charge in [0, 0.05) is 5.92 Å². The molecule has 2 aromatic carbocycles. The van der Waals surface area contributed by atoms with Gasteiger partial charge in [-0.1, -0.05) is 24.3 Å². The van der Waals surface area contributed by atoms with Crippen LogP contribution in [0, 0.1) is 11.6 Å². The predicted molar refractivity (Wildman–Crippen MR) is 67.7 cm³/mol. The minimum absolute atomic E-state index is 0.375. The summed E-state index contributed by atoms with van der Waals surface area (Å²) >= 11 is 0. The minimum Gasteiger partial charge on any atom is -0.394 e. The highest BCUT2D eigenvalue weighted by Crippen LogP contribution is 2.28. The Morgan fingerprint density at radius 1 is 0.789 bits per heavy atom. The molecule has 19 heavy (non-hydrogen) atoms. The van der Waals surface area contributed by atoms with Gasteiger partial charge in [0.1, 0.15) is 11.6 Å². The first-order chi connectivity index (χ1) is 9.11. The van der Waals surface area contributed by atoms with Crippen molar-refractivity contribution in [2.45, 2.75) is 12.0 Å². The van der Waals surface area contributed by atoms with E-state index in [0.29, 0.717) is 11.1 Å². The molecule has 2 aromatic rings. The van der Waals surface area contributed by atoms with Gasteiger partial charge in [0.2, 0.25) is 0 Å². The Hall–Kier alpha value is -1.78. The van der Waals surface area contributed by atoms with Crippen LogP contribution in [0.2, 0.25) is 0 Å². The van der Waals surface area contributed by atoms with Gasteiger partial charge in [-0.25, -0.2) is 8.78 Å². The van der Waals surface area contributed by atoms with Crippen molar-refractivity contribution in [3.05, 3.63) is 71.3 Å². The quantitative estimate of drug-likeness (QED) is 0.890. The van der Waals surface area contributed by atoms with E-state index in [4.69, 9.17) is 5.11 Å². The van der Waals surface area contributed by atoms with E-state index in [1.54, 1.807) is 24.3 Å². The molecule has 0 fully saturated rings. The summed E-state index contributed by atoms with van der Waals surface area (Å²) in [7, 11) is 0. The molecule has 0 aliphatic carbocycles. The molecule has 4 heteroatoms. The summed E-state index contributed by atoms with van der Waals surface area (Å²) in [4.78, 5) is 0. The summed E-state index contributed by atoms with van der Waals surface area (Å²) in [5, 5.41) is 19.1. The van der Waals surface area contributed by atoms with Gasteiger partial charge in [-0.3, -0.25) is 0 Å². The fraction of sp³-hybridized carbons (Fsp3) is 0.200. The van der Waals surface area contributed by atoms with Gasteiger partial charge in [0.05, 0.1) is 12.7 Å². The Morgan fingerprint density at radius 2 is 1.16 bits per heavy atom. The van der Waals surface area contributed by atoms with Crippen molar-refractivity contribution < 1.29 is 19.0 Å². The van der Waals surface area contributed by atoms with Crippen LogP contribution in [-0.2, 0) is 0 Å². The number of aliphatic hydroxyl groups excluding tert-OH is 2. The molecular weight excluding hydrogens is 250 g/mol. The fourth-order valence-electron chi connectivity index (χ4n) is 2.08. The van der Waals surface area contributed by atoms with Gasteiger partial charge in [0.15, 0.2) is 0 Å². The Labute approximate surface area is 110 Å². The summed E-state index contributed by atoms with van der Waals surface area (Å²) in [6, 6.07) is 11.3. The summed E-state index contributed by atoms with van der Waals surface area (Å²) in [6.07, 6.45) is -1.03. The van der Waals surface area contributed by atoms with E-state index in [9.17, 15) is 13.9 Å². The van der Waals surface area contributed by atoms with Crippen LogP contribution in [0.25, 0.3) is 0 Å². The lowest BCUT2D eigenvalue weighted by Gasteiger charge is -2.22. The summed E-state index contributed by atoms with van der Waals surface area (Å²) in [6.45, 7) is -0.431. The molecule has 0 aromatic heterocycles. The molecule has 0 spiro atoms. The molecule has 1 atom stereocenters. The lowest BCUT2D eigenvalue weighted by molar-refractivity contribution is 0.0823. The lowest BCUT2D eigenvalue weighted by Crippen LogP contribution is -2.23. The first-order valence-electron chi connectivity index (χ1n) is 5.91. The number of hydrogen-bond acceptors (Lipinski definition) is 2. The van der Waals surface area contributed by atoms with E-state index < -0.39 is 18.6 Å². The topological polar surface area (TPSA) is 40.5 Å². The average Bonchev–Trinajstić information content (AvgIpc) is 2.43. The molecule has 0 saturated carbocycles. The van der Waals surface area contributed by atoms with Crippen LogP contribution in [0.1, 0.15) is 17.0 Å². The molecule has 0 heterocycles. The Morgan fingerprint density at radius 3 is 1.47 bits per heavy atom. The highest BCUT2D eigenvalue weighted by Gasteiger charge is 2.22. The van der Waals surface area contributed by atoms with Crippen LogP contribution in [0.4, 0.5) is 8.78 Å². The van der Waals surface area contributed by atoms with Crippen LogP contribution in [-0.4, -0.2) is 22.9 Å². The van der Waals surface area contributed by atoms with E-state index >= 15 is 0 Å². The molecular formula is C15H14F2O2. The van der Waals surface area contributed by atoms with Gasteiger partial charge in [0.25, 0.3) is 0 Å². The largest absolute Gasteiger partial charge is 0.394 e. The molecule has 0 aliphatic heterocycles. The number of aliphatic hydroxyl groups is 2. The number of rotatable bonds is 4. The summed E-state index contributed by atoms with van der Waals surface area (Å²) < 4.78 is 25.9. The Balaban J connectivity index is 2.41. The van der Waals surface area contributed by atoms with Gasteiger partial charge >= 0.3 is 0 Å². The monoisotopic (exact) mass is 264 g/mol. The van der Waals surface area contributed by atoms with Crippen LogP contribution in [0.15, 0.2) is 48.5 Å². The molecule has 0 radical (unpaired) electrons. The fourth-order valence-corrected chi connectivity index (χ4v) is 2.08. The minimum atomic E-state index is -1.03. The van der Waals surface area contributed by atoms with Crippen molar-refractivity contribution in [1.82, 2.24) is 0 Å². The van der Waals surface area contributed by atoms with Gasteiger partial charge in [-0.05, 0) is 35.4 Å². The molecule has 0 amide bonds. The van der Waals surface area contributed by atoms with Gasteiger partial charge in [-0.15, -0.1) is 0 Å². The summed E-state index contributed by atoms with van der Waals surface area (Å²) in [5.74, 6) is -1.27. The predicted octanol–water partition coefficient (Wildman–Crippen LogP) is 2.45. The first kappa shape index (κ1) is 13.6. The molecule has 1 unspecified atom stereocenters. The van der Waals surface area contributed by atoms with Crippen LogP contribution in [0.5, 0.6) is 0 Å². The normalized spacial score (nSPS) is 12.7. The highest BCUT2D eigenvalue weighted by molar-refractivity contribution is 5.34. The lowest BCUT2D eigenvalue weighted by atomic mass is 9.87. The molecule has 2 nitrogen and oxygen atoms in total. The second-order valence-corrected chi connectivity index (χ2v) is 4.33. The average molecular weight is 264 g/mol. The Bertz CT molecular complexity index is 477. The first-order valence-corrected chi connectivity index (χ1v) is 5.91. The summed E-state index contributed by atoms with van der Waals surface area (Å²) in [5.41, 5.74) is 1.32. The van der Waals surface area contributed by atoms with E-state index in [1.165, 1.54) is 24.3 Å². The third-order valence-corrected chi connectivity index (χ3v) is 3.03. The smallest absolute Gasteiger partial charge is 0.123 e. The van der Waals surface area contributed by atoms with Crippen molar-refractivity contribution in [3.63, 3.8) is 0 Å². The van der Waals surface area contributed by atoms with Crippen LogP contribution in [0.3, 0.4) is 0 Å². The molecule has 0 aliphatic rings. The van der Waals surface area contributed by atoms with Crippen molar-refractivity contribution >= 4 is 0 Å². The second kappa shape index (κ2) is 5.91. The maximum Gasteiger partial charge on any atom is 0.123 e. The second-order valence-electron chi connectivity index (χ2n) is 4.33. The molecule has 100 valence electrons. The number of hydrogen-bond donors (Lipinski definition) is 2. The number of halogens is 2. The third-order valence-electron chi connectivity index (χ3n) is 3.03. The standard InChI is InChI=1S/C15H14F2O2/c16-12-5-1-10(2-6-12)15(14(19)9-18)11-3-7-13(17)8-4-11/h1-8,14-15,18-19H,9H2. The zero-order valence-corrected chi connectivity index (χ0v) is 10.1. The highest BCUT2D eigenvalue weighted by atomic mass is 19.1. The zero-order chi connectivity index (χ0) is 13.8. The molecule has 0 saturated heterocycles. The van der Waals surface area contributed by atoms with Crippen molar-refractivity contribution in [2.75, 3.05) is 6.61 Å². The SMILES string of the molecule is OCC(O)C(c1ccc(F)cc1)c1ccc(F)cc1. The van der Waals surface area contributed by atoms with E-state index in [2.05, 4.69) is 0 Å². The van der Waals surface area contributed by atoms with E-state index in [-0.39, 0.29) is 11.6 Å². The maximum absolute atomic E-state index is 12.9. The molecule has 2 rings (SSSR count). The van der Waals surface area contributed by atoms with Crippen LogP contribution < -0.4 is 0 Å². The molecule has 0 bridgehead atoms. The third kappa shape index (κ3) is 3.16. The van der Waals surface area contributed by atoms with Crippen LogP contribution >= 0.6 is 0 Å². The van der Waals surface area contributed by atoms with E-state index in [1.807, 2.05) is 0 Å². The zero-order valence-electron chi connectivity index (χ0n) is 10.1. The molecule has 2 N–H and O–H groups in total. The van der Waals surface area contributed by atoms with Gasteiger partial charge < -0.3 is 10.2 Å². The maximum atomic E-state index is 12.9. The number of benzene rings is 2. The Kier molecular flexibility index (Phi) is 4.24.